The third-order valence-electron chi connectivity index (χ3n) is 6.10. The van der Waals surface area contributed by atoms with E-state index < -0.39 is 0 Å². The third kappa shape index (κ3) is 5.50. The number of hydrogen-bond acceptors (Lipinski definition) is 5. The number of hydrogen-bond donors (Lipinski definition) is 1. The Morgan fingerprint density at radius 2 is 2.00 bits per heavy atom. The second-order valence-electron chi connectivity index (χ2n) is 9.75. The Hall–Kier alpha value is -2.58. The van der Waals surface area contributed by atoms with Gasteiger partial charge in [0.25, 0.3) is 0 Å². The number of carbonyl (C=O) groups is 1. The van der Waals surface area contributed by atoms with Crippen LogP contribution in [0.4, 0.5) is 4.39 Å². The number of halogens is 1. The standard InChI is InChI=1S/C25H32FN5OS/c1-25(2,3)31-23(17-8-10-18(26)11-9-17)21(15-28-31)24-29-19(16-33-24)13-22(32)27-14-20-7-5-6-12-30(20)4/h8-11,15-16,20H,5-7,12-14H2,1-4H3,(H,27,32). The van der Waals surface area contributed by atoms with Crippen LogP contribution < -0.4 is 5.32 Å². The maximum atomic E-state index is 13.5. The van der Waals surface area contributed by atoms with Gasteiger partial charge in [0, 0.05) is 23.5 Å². The fourth-order valence-corrected chi connectivity index (χ4v) is 5.10. The lowest BCUT2D eigenvalue weighted by Crippen LogP contribution is -2.44. The van der Waals surface area contributed by atoms with Crippen molar-refractivity contribution in [3.63, 3.8) is 0 Å². The molecule has 1 atom stereocenters. The first-order chi connectivity index (χ1) is 15.7. The second kappa shape index (κ2) is 9.73. The van der Waals surface area contributed by atoms with Crippen molar-refractivity contribution in [2.75, 3.05) is 20.1 Å². The average molecular weight is 470 g/mol. The summed E-state index contributed by atoms with van der Waals surface area (Å²) < 4.78 is 15.5. The maximum Gasteiger partial charge on any atom is 0.226 e. The van der Waals surface area contributed by atoms with Crippen molar-refractivity contribution >= 4 is 17.2 Å². The molecule has 0 saturated carbocycles. The summed E-state index contributed by atoms with van der Waals surface area (Å²) in [4.78, 5) is 19.6. The van der Waals surface area contributed by atoms with Crippen LogP contribution in [0, 0.1) is 5.82 Å². The van der Waals surface area contributed by atoms with Gasteiger partial charge in [0.1, 0.15) is 10.8 Å². The van der Waals surface area contributed by atoms with E-state index in [-0.39, 0.29) is 23.7 Å². The Balaban J connectivity index is 1.51. The fraction of sp³-hybridized carbons (Fsp3) is 0.480. The van der Waals surface area contributed by atoms with Crippen molar-refractivity contribution in [3.05, 3.63) is 47.4 Å². The molecule has 1 aliphatic rings. The molecule has 2 aromatic heterocycles. The number of rotatable bonds is 6. The lowest BCUT2D eigenvalue weighted by Gasteiger charge is -2.32. The van der Waals surface area contributed by atoms with E-state index in [0.717, 1.165) is 40.5 Å². The van der Waals surface area contributed by atoms with Gasteiger partial charge < -0.3 is 10.2 Å². The summed E-state index contributed by atoms with van der Waals surface area (Å²) >= 11 is 1.50. The molecule has 0 bridgehead atoms. The number of likely N-dealkylation sites (N-methyl/N-ethyl adjacent to an activating group) is 1. The molecule has 1 N–H and O–H groups in total. The zero-order valence-electron chi connectivity index (χ0n) is 19.8. The number of nitrogens with zero attached hydrogens (tertiary/aromatic N) is 4. The number of likely N-dealkylation sites (tertiary alicyclic amines) is 1. The van der Waals surface area contributed by atoms with E-state index >= 15 is 0 Å². The molecular formula is C25H32FN5OS. The first kappa shape index (κ1) is 23.6. The van der Waals surface area contributed by atoms with Crippen LogP contribution in [0.2, 0.25) is 0 Å². The number of benzene rings is 1. The molecule has 3 heterocycles. The summed E-state index contributed by atoms with van der Waals surface area (Å²) in [6.45, 7) is 8.02. The smallest absolute Gasteiger partial charge is 0.226 e. The Bertz CT molecular complexity index is 1100. The zero-order valence-corrected chi connectivity index (χ0v) is 20.6. The van der Waals surface area contributed by atoms with Gasteiger partial charge in [0.15, 0.2) is 0 Å². The van der Waals surface area contributed by atoms with Gasteiger partial charge in [0.2, 0.25) is 5.91 Å². The largest absolute Gasteiger partial charge is 0.354 e. The predicted octanol–water partition coefficient (Wildman–Crippen LogP) is 4.71. The van der Waals surface area contributed by atoms with E-state index in [4.69, 9.17) is 4.98 Å². The highest BCUT2D eigenvalue weighted by Crippen LogP contribution is 2.36. The van der Waals surface area contributed by atoms with E-state index in [2.05, 4.69) is 43.1 Å². The summed E-state index contributed by atoms with van der Waals surface area (Å²) in [5, 5.41) is 10.4. The van der Waals surface area contributed by atoms with Crippen molar-refractivity contribution in [3.8, 4) is 21.8 Å². The van der Waals surface area contributed by atoms with Crippen LogP contribution in [0.15, 0.2) is 35.8 Å². The molecule has 1 fully saturated rings. The van der Waals surface area contributed by atoms with Crippen LogP contribution in [0.1, 0.15) is 45.7 Å². The summed E-state index contributed by atoms with van der Waals surface area (Å²) in [7, 11) is 2.12. The van der Waals surface area contributed by atoms with Gasteiger partial charge in [-0.2, -0.15) is 5.10 Å². The molecule has 1 unspecified atom stereocenters. The molecule has 0 aliphatic carbocycles. The monoisotopic (exact) mass is 469 g/mol. The number of thiazole rings is 1. The van der Waals surface area contributed by atoms with E-state index in [9.17, 15) is 9.18 Å². The van der Waals surface area contributed by atoms with Crippen molar-refractivity contribution in [1.29, 1.82) is 0 Å². The summed E-state index contributed by atoms with van der Waals surface area (Å²) in [6.07, 6.45) is 5.65. The molecule has 33 heavy (non-hydrogen) atoms. The lowest BCUT2D eigenvalue weighted by molar-refractivity contribution is -0.120. The van der Waals surface area contributed by atoms with E-state index in [0.29, 0.717) is 12.6 Å². The number of carbonyl (C=O) groups excluding carboxylic acids is 1. The molecule has 1 amide bonds. The van der Waals surface area contributed by atoms with Gasteiger partial charge in [-0.15, -0.1) is 11.3 Å². The summed E-state index contributed by atoms with van der Waals surface area (Å²) in [5.41, 5.74) is 3.15. The lowest BCUT2D eigenvalue weighted by atomic mass is 10.0. The Kier molecular flexibility index (Phi) is 6.95. The molecule has 1 aliphatic heterocycles. The van der Waals surface area contributed by atoms with Crippen molar-refractivity contribution in [2.24, 2.45) is 0 Å². The van der Waals surface area contributed by atoms with Gasteiger partial charge in [-0.25, -0.2) is 9.37 Å². The molecule has 3 aromatic rings. The second-order valence-corrected chi connectivity index (χ2v) is 10.6. The number of aromatic nitrogens is 3. The van der Waals surface area contributed by atoms with E-state index in [1.165, 1.54) is 36.3 Å². The molecular weight excluding hydrogens is 437 g/mol. The van der Waals surface area contributed by atoms with Gasteiger partial charge in [0.05, 0.1) is 35.1 Å². The maximum absolute atomic E-state index is 13.5. The molecule has 1 aromatic carbocycles. The van der Waals surface area contributed by atoms with Gasteiger partial charge in [-0.1, -0.05) is 6.42 Å². The Labute approximate surface area is 198 Å². The highest BCUT2D eigenvalue weighted by atomic mass is 32.1. The molecule has 6 nitrogen and oxygen atoms in total. The SMILES string of the molecule is CN1CCCCC1CNC(=O)Cc1csc(-c2cnn(C(C)(C)C)c2-c2ccc(F)cc2)n1. The van der Waals surface area contributed by atoms with Crippen LogP contribution in [0.25, 0.3) is 21.8 Å². The summed E-state index contributed by atoms with van der Waals surface area (Å²) in [5.74, 6) is -0.279. The highest BCUT2D eigenvalue weighted by Gasteiger charge is 2.25. The molecule has 4 rings (SSSR count). The Morgan fingerprint density at radius 1 is 1.24 bits per heavy atom. The number of amides is 1. The first-order valence-corrected chi connectivity index (χ1v) is 12.4. The molecule has 0 radical (unpaired) electrons. The fourth-order valence-electron chi connectivity index (χ4n) is 4.27. The van der Waals surface area contributed by atoms with Crippen molar-refractivity contribution < 1.29 is 9.18 Å². The van der Waals surface area contributed by atoms with Crippen LogP contribution in [0.5, 0.6) is 0 Å². The molecule has 8 heteroatoms. The van der Waals surface area contributed by atoms with Crippen LogP contribution in [-0.4, -0.2) is 51.8 Å². The molecule has 176 valence electrons. The van der Waals surface area contributed by atoms with Crippen molar-refractivity contribution in [1.82, 2.24) is 25.0 Å². The quantitative estimate of drug-likeness (QED) is 0.568. The molecule has 1 saturated heterocycles. The van der Waals surface area contributed by atoms with Crippen LogP contribution in [0.3, 0.4) is 0 Å². The van der Waals surface area contributed by atoms with Gasteiger partial charge in [-0.3, -0.25) is 9.48 Å². The van der Waals surface area contributed by atoms with Gasteiger partial charge in [-0.05, 0) is 71.5 Å². The summed E-state index contributed by atoms with van der Waals surface area (Å²) in [6, 6.07) is 6.86. The number of nitrogens with one attached hydrogen (secondary N) is 1. The number of piperidine rings is 1. The predicted molar refractivity (Wildman–Crippen MR) is 131 cm³/mol. The zero-order chi connectivity index (χ0) is 23.6. The topological polar surface area (TPSA) is 63.1 Å². The van der Waals surface area contributed by atoms with Crippen molar-refractivity contribution in [2.45, 2.75) is 58.0 Å². The highest BCUT2D eigenvalue weighted by molar-refractivity contribution is 7.13. The van der Waals surface area contributed by atoms with E-state index in [1.54, 1.807) is 12.1 Å². The minimum atomic E-state index is -0.274. The Morgan fingerprint density at radius 3 is 2.70 bits per heavy atom. The third-order valence-corrected chi connectivity index (χ3v) is 7.03. The van der Waals surface area contributed by atoms with E-state index in [1.807, 2.05) is 16.3 Å². The van der Waals surface area contributed by atoms with Gasteiger partial charge >= 0.3 is 0 Å². The first-order valence-electron chi connectivity index (χ1n) is 11.5. The van der Waals surface area contributed by atoms with Crippen LogP contribution in [-0.2, 0) is 16.8 Å². The average Bonchev–Trinajstić information content (AvgIpc) is 3.40. The molecule has 0 spiro atoms. The normalized spacial score (nSPS) is 17.3. The minimum absolute atomic E-state index is 0.00466. The van der Waals surface area contributed by atoms with Crippen LogP contribution >= 0.6 is 11.3 Å². The minimum Gasteiger partial charge on any atom is -0.354 e.